The van der Waals surface area contributed by atoms with Gasteiger partial charge in [0, 0.05) is 18.5 Å². The number of piperidine rings is 1. The molecule has 3 heterocycles. The number of phenols is 1. The highest BCUT2D eigenvalue weighted by atomic mass is 16.5. The Morgan fingerprint density at radius 3 is 2.83 bits per heavy atom. The van der Waals surface area contributed by atoms with Crippen LogP contribution in [0.3, 0.4) is 0 Å². The number of aliphatic hydroxyl groups excluding tert-OH is 1. The molecule has 1 aromatic carbocycles. The molecule has 1 saturated heterocycles. The zero-order valence-corrected chi connectivity index (χ0v) is 19.5. The average molecular weight is 479 g/mol. The Hall–Kier alpha value is -3.43. The molecule has 35 heavy (non-hydrogen) atoms. The average Bonchev–Trinajstić information content (AvgIpc) is 3.70. The van der Waals surface area contributed by atoms with Crippen molar-refractivity contribution in [1.29, 1.82) is 0 Å². The number of aromatic nitrogens is 2. The molecule has 9 heteroatoms. The van der Waals surface area contributed by atoms with Crippen LogP contribution in [0.25, 0.3) is 22.3 Å². The molecule has 0 spiro atoms. The van der Waals surface area contributed by atoms with Gasteiger partial charge in [-0.05, 0) is 73.9 Å². The number of ether oxygens (including phenoxy) is 1. The SMILES string of the molecule is O=C(NCCO)c1cc2c(C3CCCNC3)cc(-c3c(O)cccc3OCC3CC3)nc2[nH]c1=O. The molecule has 5 rings (SSSR count). The minimum atomic E-state index is -0.562. The normalized spacial score (nSPS) is 17.9. The topological polar surface area (TPSA) is 137 Å². The molecule has 1 aliphatic carbocycles. The van der Waals surface area contributed by atoms with Gasteiger partial charge in [0.25, 0.3) is 11.5 Å². The Kier molecular flexibility index (Phi) is 6.70. The molecule has 1 unspecified atom stereocenters. The number of nitrogens with one attached hydrogen (secondary N) is 3. The Morgan fingerprint density at radius 2 is 2.09 bits per heavy atom. The number of benzene rings is 1. The molecule has 9 nitrogen and oxygen atoms in total. The lowest BCUT2D eigenvalue weighted by molar-refractivity contribution is 0.0943. The highest BCUT2D eigenvalue weighted by Gasteiger charge is 2.25. The third kappa shape index (κ3) is 5.01. The molecule has 1 saturated carbocycles. The number of aromatic amines is 1. The molecule has 0 bridgehead atoms. The van der Waals surface area contributed by atoms with Gasteiger partial charge in [-0.25, -0.2) is 4.98 Å². The van der Waals surface area contributed by atoms with Crippen LogP contribution in [0.1, 0.15) is 47.5 Å². The first-order valence-corrected chi connectivity index (χ1v) is 12.2. The zero-order chi connectivity index (χ0) is 24.4. The van der Waals surface area contributed by atoms with Crippen LogP contribution < -0.4 is 20.9 Å². The number of hydrogen-bond donors (Lipinski definition) is 5. The predicted molar refractivity (Wildman–Crippen MR) is 132 cm³/mol. The zero-order valence-electron chi connectivity index (χ0n) is 19.5. The summed E-state index contributed by atoms with van der Waals surface area (Å²) >= 11 is 0. The van der Waals surface area contributed by atoms with Crippen molar-refractivity contribution >= 4 is 16.9 Å². The lowest BCUT2D eigenvalue weighted by Gasteiger charge is -2.25. The molecular weight excluding hydrogens is 448 g/mol. The maximum Gasteiger partial charge on any atom is 0.262 e. The molecule has 1 atom stereocenters. The fourth-order valence-corrected chi connectivity index (χ4v) is 4.61. The van der Waals surface area contributed by atoms with Crippen LogP contribution in [0, 0.1) is 5.92 Å². The Balaban J connectivity index is 1.65. The summed E-state index contributed by atoms with van der Waals surface area (Å²) < 4.78 is 6.05. The van der Waals surface area contributed by atoms with Gasteiger partial charge in [0.15, 0.2) is 0 Å². The molecule has 0 radical (unpaired) electrons. The van der Waals surface area contributed by atoms with Crippen LogP contribution in [0.5, 0.6) is 11.5 Å². The number of aromatic hydroxyl groups is 1. The van der Waals surface area contributed by atoms with Gasteiger partial charge in [-0.15, -0.1) is 0 Å². The number of carbonyl (C=O) groups is 1. The first kappa shape index (κ1) is 23.3. The lowest BCUT2D eigenvalue weighted by atomic mass is 9.88. The number of phenolic OH excluding ortho intramolecular Hbond substituents is 1. The van der Waals surface area contributed by atoms with Crippen molar-refractivity contribution in [2.75, 3.05) is 32.8 Å². The van der Waals surface area contributed by atoms with Crippen LogP contribution in [0.15, 0.2) is 35.1 Å². The Bertz CT molecular complexity index is 1290. The van der Waals surface area contributed by atoms with E-state index in [9.17, 15) is 14.7 Å². The highest BCUT2D eigenvalue weighted by molar-refractivity contribution is 5.98. The highest BCUT2D eigenvalue weighted by Crippen LogP contribution is 2.41. The van der Waals surface area contributed by atoms with E-state index >= 15 is 0 Å². The minimum absolute atomic E-state index is 0.0264. The molecule has 1 amide bonds. The maximum atomic E-state index is 12.8. The van der Waals surface area contributed by atoms with Crippen molar-refractivity contribution in [3.05, 3.63) is 51.8 Å². The van der Waals surface area contributed by atoms with Gasteiger partial charge < -0.3 is 30.6 Å². The fraction of sp³-hybridized carbons (Fsp3) is 0.423. The number of fused-ring (bicyclic) bond motifs is 1. The van der Waals surface area contributed by atoms with Gasteiger partial charge in [-0.1, -0.05) is 6.07 Å². The van der Waals surface area contributed by atoms with Crippen molar-refractivity contribution in [1.82, 2.24) is 20.6 Å². The second-order valence-electron chi connectivity index (χ2n) is 9.30. The first-order chi connectivity index (χ1) is 17.0. The van der Waals surface area contributed by atoms with E-state index in [-0.39, 0.29) is 30.4 Å². The molecule has 5 N–H and O–H groups in total. The third-order valence-corrected chi connectivity index (χ3v) is 6.67. The molecule has 2 aliphatic rings. The maximum absolute atomic E-state index is 12.8. The predicted octanol–water partition coefficient (Wildman–Crippen LogP) is 2.27. The van der Waals surface area contributed by atoms with Gasteiger partial charge in [0.1, 0.15) is 22.7 Å². The summed E-state index contributed by atoms with van der Waals surface area (Å²) in [6.45, 7) is 2.13. The van der Waals surface area contributed by atoms with Crippen molar-refractivity contribution in [3.63, 3.8) is 0 Å². The van der Waals surface area contributed by atoms with Gasteiger partial charge in [-0.3, -0.25) is 9.59 Å². The van der Waals surface area contributed by atoms with Gasteiger partial charge in [-0.2, -0.15) is 0 Å². The largest absolute Gasteiger partial charge is 0.507 e. The smallest absolute Gasteiger partial charge is 0.262 e. The number of carbonyl (C=O) groups excluding carboxylic acids is 1. The summed E-state index contributed by atoms with van der Waals surface area (Å²) in [4.78, 5) is 32.8. The number of pyridine rings is 2. The van der Waals surface area contributed by atoms with Crippen molar-refractivity contribution in [2.45, 2.75) is 31.6 Å². The quantitative estimate of drug-likeness (QED) is 0.335. The first-order valence-electron chi connectivity index (χ1n) is 12.2. The van der Waals surface area contributed by atoms with E-state index in [1.807, 2.05) is 12.1 Å². The summed E-state index contributed by atoms with van der Waals surface area (Å²) in [6, 6.07) is 8.68. The van der Waals surface area contributed by atoms with E-state index < -0.39 is 11.5 Å². The van der Waals surface area contributed by atoms with Gasteiger partial charge in [0.2, 0.25) is 0 Å². The number of aliphatic hydroxyl groups is 1. The van der Waals surface area contributed by atoms with Crippen LogP contribution in [-0.2, 0) is 0 Å². The molecule has 184 valence electrons. The molecular formula is C26H30N4O5. The molecule has 2 fully saturated rings. The summed E-state index contributed by atoms with van der Waals surface area (Å²) in [7, 11) is 0. The van der Waals surface area contributed by atoms with Crippen LogP contribution in [-0.4, -0.2) is 58.9 Å². The Labute approximate surface area is 202 Å². The standard InChI is InChI=1S/C26H30N4O5/c31-10-9-28-25(33)19-11-18-17(16-3-2-8-27-13-16)12-20(29-24(18)30-26(19)34)23-21(32)4-1-5-22(23)35-14-15-6-7-15/h1,4-5,11-12,15-16,27,31-32H,2-3,6-10,13-14H2,(H,28,33)(H,29,30,34). The second kappa shape index (κ2) is 10.1. The summed E-state index contributed by atoms with van der Waals surface area (Å²) in [6.07, 6.45) is 4.25. The van der Waals surface area contributed by atoms with E-state index in [1.54, 1.807) is 18.2 Å². The summed E-state index contributed by atoms with van der Waals surface area (Å²) in [5, 5.41) is 26.5. The summed E-state index contributed by atoms with van der Waals surface area (Å²) in [5.41, 5.74) is 1.71. The molecule has 2 aromatic heterocycles. The van der Waals surface area contributed by atoms with E-state index in [2.05, 4.69) is 15.6 Å². The minimum Gasteiger partial charge on any atom is -0.507 e. The van der Waals surface area contributed by atoms with Crippen LogP contribution >= 0.6 is 0 Å². The van der Waals surface area contributed by atoms with E-state index in [1.165, 1.54) is 0 Å². The number of H-pyrrole nitrogens is 1. The van der Waals surface area contributed by atoms with Crippen molar-refractivity contribution < 1.29 is 19.7 Å². The third-order valence-electron chi connectivity index (χ3n) is 6.67. The Morgan fingerprint density at radius 1 is 1.23 bits per heavy atom. The number of rotatable bonds is 8. The lowest BCUT2D eigenvalue weighted by Crippen LogP contribution is -2.32. The number of hydrogen-bond acceptors (Lipinski definition) is 7. The second-order valence-corrected chi connectivity index (χ2v) is 9.30. The van der Waals surface area contributed by atoms with Gasteiger partial charge in [0.05, 0.1) is 24.5 Å². The van der Waals surface area contributed by atoms with E-state index in [0.717, 1.165) is 44.3 Å². The monoisotopic (exact) mass is 478 g/mol. The van der Waals surface area contributed by atoms with Gasteiger partial charge >= 0.3 is 0 Å². The van der Waals surface area contributed by atoms with Crippen molar-refractivity contribution in [3.8, 4) is 22.8 Å². The fourth-order valence-electron chi connectivity index (χ4n) is 4.61. The van der Waals surface area contributed by atoms with E-state index in [4.69, 9.17) is 14.8 Å². The van der Waals surface area contributed by atoms with Crippen molar-refractivity contribution in [2.24, 2.45) is 5.92 Å². The molecule has 3 aromatic rings. The summed E-state index contributed by atoms with van der Waals surface area (Å²) in [5.74, 6) is 0.758. The van der Waals surface area contributed by atoms with E-state index in [0.29, 0.717) is 40.6 Å². The van der Waals surface area contributed by atoms with Crippen LogP contribution in [0.2, 0.25) is 0 Å². The number of amides is 1. The molecule has 1 aliphatic heterocycles. The number of nitrogens with zero attached hydrogens (tertiary/aromatic N) is 1. The van der Waals surface area contributed by atoms with Crippen LogP contribution in [0.4, 0.5) is 0 Å².